The molecular formula is C84H105N3O15. The number of carbonyl (C=O) groups excluding carboxylic acids is 6. The van der Waals surface area contributed by atoms with Crippen molar-refractivity contribution in [2.24, 2.45) is 0 Å². The van der Waals surface area contributed by atoms with E-state index in [1.54, 1.807) is 127 Å². The number of carbonyl (C=O) groups is 6. The fraction of sp³-hybridized carbons (Fsp3) is 0.429. The van der Waals surface area contributed by atoms with E-state index in [0.717, 1.165) is 154 Å². The van der Waals surface area contributed by atoms with Crippen LogP contribution in [0.3, 0.4) is 0 Å². The quantitative estimate of drug-likeness (QED) is 0.0106. The summed E-state index contributed by atoms with van der Waals surface area (Å²) >= 11 is 0. The van der Waals surface area contributed by atoms with Crippen molar-refractivity contribution in [3.63, 3.8) is 0 Å². The summed E-state index contributed by atoms with van der Waals surface area (Å²) in [7, 11) is 0. The Morgan fingerprint density at radius 3 is 0.706 bits per heavy atom. The third-order valence-corrected chi connectivity index (χ3v) is 16.9. The van der Waals surface area contributed by atoms with Crippen molar-refractivity contribution < 1.29 is 71.4 Å². The number of hydrogen-bond donors (Lipinski definition) is 3. The predicted octanol–water partition coefficient (Wildman–Crippen LogP) is 20.1. The van der Waals surface area contributed by atoms with Crippen LogP contribution in [0, 0.1) is 0 Å². The molecule has 0 saturated heterocycles. The van der Waals surface area contributed by atoms with E-state index in [1.807, 2.05) is 0 Å². The fourth-order valence-electron chi connectivity index (χ4n) is 10.8. The van der Waals surface area contributed by atoms with E-state index in [2.05, 4.69) is 57.5 Å². The van der Waals surface area contributed by atoms with Crippen molar-refractivity contribution in [2.45, 2.75) is 196 Å². The molecule has 0 amide bonds. The van der Waals surface area contributed by atoms with Crippen LogP contribution in [0.2, 0.25) is 0 Å². The van der Waals surface area contributed by atoms with Crippen LogP contribution in [0.1, 0.15) is 227 Å². The van der Waals surface area contributed by atoms with Gasteiger partial charge in [-0.05, 0) is 166 Å². The van der Waals surface area contributed by atoms with Gasteiger partial charge in [-0.3, -0.25) is 14.4 Å². The highest BCUT2D eigenvalue weighted by molar-refractivity contribution is 6.51. The third-order valence-electron chi connectivity index (χ3n) is 16.9. The van der Waals surface area contributed by atoms with Crippen LogP contribution in [0.4, 0.5) is 17.1 Å². The second-order valence-electron chi connectivity index (χ2n) is 25.3. The lowest BCUT2D eigenvalue weighted by molar-refractivity contribution is -0.124. The predicted molar refractivity (Wildman–Crippen MR) is 401 cm³/mol. The third kappa shape index (κ3) is 26.6. The fourth-order valence-corrected chi connectivity index (χ4v) is 10.8. The Labute approximate surface area is 603 Å². The van der Waals surface area contributed by atoms with Crippen LogP contribution in [0.15, 0.2) is 163 Å². The van der Waals surface area contributed by atoms with Gasteiger partial charge in [-0.1, -0.05) is 157 Å². The van der Waals surface area contributed by atoms with Crippen LogP contribution < -0.4 is 58.6 Å². The van der Waals surface area contributed by atoms with Gasteiger partial charge in [0.25, 0.3) is 0 Å². The first-order chi connectivity index (χ1) is 49.9. The summed E-state index contributed by atoms with van der Waals surface area (Å²) in [5.41, 5.74) is 1.000. The first kappa shape index (κ1) is 79.5. The molecule has 6 aromatic rings. The van der Waals surface area contributed by atoms with Gasteiger partial charge in [0.2, 0.25) is 17.3 Å². The summed E-state index contributed by atoms with van der Waals surface area (Å²) in [5.74, 6) is -0.648. The first-order valence-electron chi connectivity index (χ1n) is 37.1. The Hall–Kier alpha value is -9.84. The van der Waals surface area contributed by atoms with E-state index in [-0.39, 0.29) is 50.7 Å². The van der Waals surface area contributed by atoms with Crippen LogP contribution >= 0.6 is 0 Å². The number of allylic oxidation sites excluding steroid dienone is 3. The van der Waals surface area contributed by atoms with Gasteiger partial charge in [0.1, 0.15) is 17.2 Å². The molecule has 0 heterocycles. The summed E-state index contributed by atoms with van der Waals surface area (Å²) < 4.78 is 54.1. The summed E-state index contributed by atoms with van der Waals surface area (Å²) in [6.45, 7) is 16.0. The van der Waals surface area contributed by atoms with E-state index in [0.29, 0.717) is 91.2 Å². The number of esters is 3. The summed E-state index contributed by atoms with van der Waals surface area (Å²) in [6.07, 6.45) is 28.5. The van der Waals surface area contributed by atoms with E-state index in [4.69, 9.17) is 42.6 Å². The maximum atomic E-state index is 14.4. The number of anilines is 3. The van der Waals surface area contributed by atoms with Gasteiger partial charge in [0.05, 0.1) is 73.1 Å². The van der Waals surface area contributed by atoms with Gasteiger partial charge < -0.3 is 58.6 Å². The molecule has 1 aliphatic rings. The molecule has 3 N–H and O–H groups in total. The van der Waals surface area contributed by atoms with Crippen LogP contribution in [0.25, 0.3) is 0 Å². The number of rotatable bonds is 48. The number of ether oxygens (including phenoxy) is 9. The van der Waals surface area contributed by atoms with Crippen LogP contribution in [-0.2, 0) is 14.4 Å². The van der Waals surface area contributed by atoms with Crippen molar-refractivity contribution in [3.8, 4) is 51.7 Å². The molecule has 0 bridgehead atoms. The number of nitrogens with one attached hydrogen (secondary N) is 3. The van der Waals surface area contributed by atoms with Crippen molar-refractivity contribution in [2.75, 3.05) is 55.6 Å². The van der Waals surface area contributed by atoms with Crippen molar-refractivity contribution in [1.29, 1.82) is 0 Å². The Morgan fingerprint density at radius 2 is 0.490 bits per heavy atom. The van der Waals surface area contributed by atoms with Gasteiger partial charge in [-0.2, -0.15) is 0 Å². The molecule has 7 rings (SSSR count). The van der Waals surface area contributed by atoms with E-state index in [1.165, 1.54) is 18.6 Å². The maximum Gasteiger partial charge on any atom is 0.343 e. The SMILES string of the molecule is CCCCCCOc1ccc(C(=O)Oc2ccc(NC=C3C(=O)C(=CNc4ccc(OC(=O)c5ccc(OCCCCCC)c(OCCCCCC)c5)cc4)C(=O)C(=CNc4ccc(OC(=O)c5ccc(OCCCCCC)c(OCCCCCC)c5)cc4)C3=O)cc2)cc1OCCCCCC. The summed E-state index contributed by atoms with van der Waals surface area (Å²) in [4.78, 5) is 84.0. The van der Waals surface area contributed by atoms with Gasteiger partial charge in [0, 0.05) is 35.7 Å². The number of unbranched alkanes of at least 4 members (excludes halogenated alkanes) is 18. The van der Waals surface area contributed by atoms with Crippen LogP contribution in [0.5, 0.6) is 51.7 Å². The normalized spacial score (nSPS) is 11.9. The monoisotopic (exact) mass is 1400 g/mol. The van der Waals surface area contributed by atoms with Gasteiger partial charge in [-0.25, -0.2) is 14.4 Å². The average Bonchev–Trinajstić information content (AvgIpc) is 0.789. The minimum absolute atomic E-state index is 0.227. The van der Waals surface area contributed by atoms with Gasteiger partial charge >= 0.3 is 17.9 Å². The number of ketones is 3. The molecule has 1 saturated carbocycles. The van der Waals surface area contributed by atoms with Gasteiger partial charge in [-0.15, -0.1) is 0 Å². The molecule has 0 atom stereocenters. The molecule has 1 fully saturated rings. The lowest BCUT2D eigenvalue weighted by atomic mass is 9.84. The molecule has 0 spiro atoms. The molecule has 18 heteroatoms. The molecule has 546 valence electrons. The Morgan fingerprint density at radius 1 is 0.275 bits per heavy atom. The number of benzene rings is 6. The second-order valence-corrected chi connectivity index (χ2v) is 25.3. The zero-order valence-electron chi connectivity index (χ0n) is 60.7. The molecule has 0 aliphatic heterocycles. The van der Waals surface area contributed by atoms with Crippen LogP contribution in [-0.4, -0.2) is 74.9 Å². The molecule has 0 unspecified atom stereocenters. The Kier molecular flexibility index (Phi) is 35.2. The smallest absolute Gasteiger partial charge is 0.343 e. The summed E-state index contributed by atoms with van der Waals surface area (Å²) in [5, 5.41) is 9.03. The topological polar surface area (TPSA) is 222 Å². The first-order valence-corrected chi connectivity index (χ1v) is 37.1. The Bertz CT molecular complexity index is 3300. The molecular weight excluding hydrogens is 1290 g/mol. The molecule has 102 heavy (non-hydrogen) atoms. The second kappa shape index (κ2) is 45.1. The van der Waals surface area contributed by atoms with Crippen molar-refractivity contribution in [3.05, 3.63) is 179 Å². The van der Waals surface area contributed by atoms with Gasteiger partial charge in [0.15, 0.2) is 34.5 Å². The zero-order valence-corrected chi connectivity index (χ0v) is 60.7. The Balaban J connectivity index is 1.07. The highest BCUT2D eigenvalue weighted by Crippen LogP contribution is 2.34. The van der Waals surface area contributed by atoms with E-state index >= 15 is 0 Å². The standard InChI is InChI=1S/C84H105N3O15/c1-7-13-19-25-49-94-73-46-31-61(55-76(73)97-52-28-22-16-10-4)82(91)100-67-40-34-64(35-41-67)85-58-70-79(88)71(59-86-65-36-42-68(43-37-65)101-83(92)62-32-47-74(95-50-26-20-14-8-2)77(56-62)98-53-29-23-17-11-5)81(90)72(80(70)89)60-87-66-38-44-69(45-39-66)102-84(93)63-33-48-75(96-51-27-21-15-9-3)78(57-63)99-54-30-24-18-12-6/h31-48,55-60,85-87H,7-30,49-54H2,1-6H3. The van der Waals surface area contributed by atoms with E-state index < -0.39 is 35.3 Å². The minimum atomic E-state index is -0.867. The molecule has 1 aliphatic carbocycles. The lowest BCUT2D eigenvalue weighted by Crippen LogP contribution is -2.33. The highest BCUT2D eigenvalue weighted by atomic mass is 16.6. The maximum absolute atomic E-state index is 14.4. The minimum Gasteiger partial charge on any atom is -0.490 e. The van der Waals surface area contributed by atoms with Crippen molar-refractivity contribution in [1.82, 2.24) is 0 Å². The molecule has 0 radical (unpaired) electrons. The molecule has 6 aromatic carbocycles. The van der Waals surface area contributed by atoms with Crippen molar-refractivity contribution >= 4 is 52.3 Å². The van der Waals surface area contributed by atoms with E-state index in [9.17, 15) is 28.8 Å². The lowest BCUT2D eigenvalue weighted by Gasteiger charge is -2.18. The number of hydrogen-bond acceptors (Lipinski definition) is 18. The molecule has 18 nitrogen and oxygen atoms in total. The molecule has 0 aromatic heterocycles. The largest absolute Gasteiger partial charge is 0.490 e. The number of Topliss-reactive ketones (excluding diaryl/α,β-unsaturated/α-hetero) is 3. The highest BCUT2D eigenvalue weighted by Gasteiger charge is 2.39. The average molecular weight is 1400 g/mol. The summed E-state index contributed by atoms with van der Waals surface area (Å²) in [6, 6.07) is 34.0. The zero-order chi connectivity index (χ0) is 72.5.